The number of benzene rings is 1. The molecule has 0 aliphatic rings. The standard InChI is InChI=1S/C23H36N4O7/c1-5-13(4)19(27-21(31)18(12(2)3)26-20(30)16(24)11-28)22(32)25-17(23(33)34)10-14-6-8-15(29)9-7-14/h6-9,12-13,16-19,28-29H,5,10-11,24H2,1-4H3,(H,25,32)(H,26,30)(H,27,31)(H,33,34). The minimum Gasteiger partial charge on any atom is -0.508 e. The van der Waals surface area contributed by atoms with E-state index < -0.39 is 54.5 Å². The molecule has 11 nitrogen and oxygen atoms in total. The molecule has 5 unspecified atom stereocenters. The summed E-state index contributed by atoms with van der Waals surface area (Å²) >= 11 is 0. The number of hydrogen-bond acceptors (Lipinski definition) is 7. The number of carboxylic acid groups (broad SMARTS) is 1. The maximum absolute atomic E-state index is 13.0. The number of carboxylic acids is 1. The molecule has 3 amide bonds. The van der Waals surface area contributed by atoms with Crippen molar-refractivity contribution >= 4 is 23.7 Å². The van der Waals surface area contributed by atoms with Crippen LogP contribution in [0, 0.1) is 11.8 Å². The highest BCUT2D eigenvalue weighted by molar-refractivity contribution is 5.94. The van der Waals surface area contributed by atoms with Crippen LogP contribution in [0.1, 0.15) is 39.7 Å². The van der Waals surface area contributed by atoms with Gasteiger partial charge in [-0.1, -0.05) is 46.2 Å². The van der Waals surface area contributed by atoms with Crippen LogP contribution in [0.15, 0.2) is 24.3 Å². The van der Waals surface area contributed by atoms with E-state index >= 15 is 0 Å². The van der Waals surface area contributed by atoms with Gasteiger partial charge < -0.3 is 37.0 Å². The van der Waals surface area contributed by atoms with E-state index in [2.05, 4.69) is 16.0 Å². The maximum atomic E-state index is 13.0. The van der Waals surface area contributed by atoms with E-state index in [-0.39, 0.29) is 24.0 Å². The first-order valence-corrected chi connectivity index (χ1v) is 11.2. The average Bonchev–Trinajstić information content (AvgIpc) is 2.79. The fourth-order valence-corrected chi connectivity index (χ4v) is 3.15. The van der Waals surface area contributed by atoms with Gasteiger partial charge in [0, 0.05) is 6.42 Å². The van der Waals surface area contributed by atoms with Gasteiger partial charge in [0.05, 0.1) is 6.61 Å². The van der Waals surface area contributed by atoms with Crippen LogP contribution in [-0.2, 0) is 25.6 Å². The molecule has 0 radical (unpaired) electrons. The highest BCUT2D eigenvalue weighted by atomic mass is 16.4. The first kappa shape index (κ1) is 28.9. The SMILES string of the molecule is CCC(C)C(NC(=O)C(NC(=O)C(N)CO)C(C)C)C(=O)NC(Cc1ccc(O)cc1)C(=O)O. The van der Waals surface area contributed by atoms with Crippen LogP contribution in [-0.4, -0.2) is 69.8 Å². The van der Waals surface area contributed by atoms with Crippen molar-refractivity contribution in [2.75, 3.05) is 6.61 Å². The number of amides is 3. The second-order valence-electron chi connectivity index (χ2n) is 8.66. The summed E-state index contributed by atoms with van der Waals surface area (Å²) in [7, 11) is 0. The van der Waals surface area contributed by atoms with E-state index in [9.17, 15) is 29.4 Å². The molecule has 0 bridgehead atoms. The second-order valence-corrected chi connectivity index (χ2v) is 8.66. The zero-order chi connectivity index (χ0) is 26.0. The number of aliphatic hydroxyl groups is 1. The summed E-state index contributed by atoms with van der Waals surface area (Å²) in [6.45, 7) is 6.37. The molecule has 190 valence electrons. The number of nitrogens with one attached hydrogen (secondary N) is 3. The Morgan fingerprint density at radius 1 is 0.912 bits per heavy atom. The summed E-state index contributed by atoms with van der Waals surface area (Å²) in [6.07, 6.45) is 0.494. The van der Waals surface area contributed by atoms with Crippen LogP contribution in [0.5, 0.6) is 5.75 Å². The fraction of sp³-hybridized carbons (Fsp3) is 0.565. The average molecular weight is 481 g/mol. The number of phenolic OH excluding ortho intramolecular Hbond substituents is 1. The Morgan fingerprint density at radius 2 is 1.44 bits per heavy atom. The minimum atomic E-state index is -1.26. The molecular weight excluding hydrogens is 444 g/mol. The predicted octanol–water partition coefficient (Wildman–Crippen LogP) is -0.505. The normalized spacial score (nSPS) is 15.5. The molecule has 11 heteroatoms. The Hall–Kier alpha value is -3.18. The Balaban J connectivity index is 3.01. The maximum Gasteiger partial charge on any atom is 0.326 e. The molecule has 34 heavy (non-hydrogen) atoms. The first-order chi connectivity index (χ1) is 15.9. The predicted molar refractivity (Wildman–Crippen MR) is 125 cm³/mol. The number of phenols is 1. The Kier molecular flexibility index (Phi) is 11.5. The summed E-state index contributed by atoms with van der Waals surface area (Å²) in [5, 5.41) is 35.7. The highest BCUT2D eigenvalue weighted by Crippen LogP contribution is 2.14. The van der Waals surface area contributed by atoms with Gasteiger partial charge in [0.1, 0.15) is 29.9 Å². The van der Waals surface area contributed by atoms with Crippen LogP contribution in [0.2, 0.25) is 0 Å². The van der Waals surface area contributed by atoms with Crippen molar-refractivity contribution in [2.24, 2.45) is 17.6 Å². The molecule has 0 saturated carbocycles. The fourth-order valence-electron chi connectivity index (χ4n) is 3.15. The van der Waals surface area contributed by atoms with Gasteiger partial charge in [-0.3, -0.25) is 14.4 Å². The molecule has 1 rings (SSSR count). The third-order valence-electron chi connectivity index (χ3n) is 5.56. The quantitative estimate of drug-likeness (QED) is 0.196. The van der Waals surface area contributed by atoms with Gasteiger partial charge in [-0.05, 0) is 29.5 Å². The molecule has 0 aromatic heterocycles. The van der Waals surface area contributed by atoms with E-state index in [1.165, 1.54) is 12.1 Å². The molecule has 0 aliphatic heterocycles. The number of hydrogen-bond donors (Lipinski definition) is 7. The van der Waals surface area contributed by atoms with Crippen molar-refractivity contribution in [3.63, 3.8) is 0 Å². The van der Waals surface area contributed by atoms with E-state index in [4.69, 9.17) is 10.8 Å². The van der Waals surface area contributed by atoms with Crippen molar-refractivity contribution in [3.8, 4) is 5.75 Å². The zero-order valence-electron chi connectivity index (χ0n) is 19.9. The van der Waals surface area contributed by atoms with Crippen molar-refractivity contribution in [3.05, 3.63) is 29.8 Å². The van der Waals surface area contributed by atoms with Gasteiger partial charge in [0.15, 0.2) is 0 Å². The summed E-state index contributed by atoms with van der Waals surface area (Å²) in [6, 6.07) is 1.42. The smallest absolute Gasteiger partial charge is 0.326 e. The van der Waals surface area contributed by atoms with Gasteiger partial charge in [-0.25, -0.2) is 4.79 Å². The van der Waals surface area contributed by atoms with Gasteiger partial charge in [0.2, 0.25) is 17.7 Å². The lowest BCUT2D eigenvalue weighted by atomic mass is 9.95. The van der Waals surface area contributed by atoms with Gasteiger partial charge >= 0.3 is 5.97 Å². The summed E-state index contributed by atoms with van der Waals surface area (Å²) in [4.78, 5) is 49.8. The summed E-state index contributed by atoms with van der Waals surface area (Å²) in [5.41, 5.74) is 6.11. The Bertz CT molecular complexity index is 844. The number of nitrogens with two attached hydrogens (primary N) is 1. The molecule has 0 heterocycles. The van der Waals surface area contributed by atoms with Crippen molar-refractivity contribution < 1.29 is 34.5 Å². The van der Waals surface area contributed by atoms with Gasteiger partial charge in [0.25, 0.3) is 0 Å². The molecule has 1 aromatic rings. The zero-order valence-corrected chi connectivity index (χ0v) is 19.9. The van der Waals surface area contributed by atoms with E-state index in [0.29, 0.717) is 12.0 Å². The molecule has 0 aliphatic carbocycles. The van der Waals surface area contributed by atoms with Crippen LogP contribution in [0.3, 0.4) is 0 Å². The lowest BCUT2D eigenvalue weighted by Gasteiger charge is -2.29. The van der Waals surface area contributed by atoms with E-state index in [0.717, 1.165) is 0 Å². The molecule has 1 aromatic carbocycles. The lowest BCUT2D eigenvalue weighted by molar-refractivity contribution is -0.142. The van der Waals surface area contributed by atoms with Crippen LogP contribution in [0.25, 0.3) is 0 Å². The van der Waals surface area contributed by atoms with Crippen molar-refractivity contribution in [2.45, 2.75) is 64.7 Å². The summed E-state index contributed by atoms with van der Waals surface area (Å²) in [5.74, 6) is -3.91. The molecule has 0 spiro atoms. The number of rotatable bonds is 13. The lowest BCUT2D eigenvalue weighted by Crippen LogP contribution is -2.60. The van der Waals surface area contributed by atoms with E-state index in [1.54, 1.807) is 32.9 Å². The van der Waals surface area contributed by atoms with Crippen molar-refractivity contribution in [1.82, 2.24) is 16.0 Å². The van der Waals surface area contributed by atoms with Gasteiger partial charge in [-0.2, -0.15) is 0 Å². The number of aliphatic carboxylic acids is 1. The topological polar surface area (TPSA) is 191 Å². The monoisotopic (exact) mass is 480 g/mol. The van der Waals surface area contributed by atoms with Crippen LogP contribution >= 0.6 is 0 Å². The van der Waals surface area contributed by atoms with Crippen molar-refractivity contribution in [1.29, 1.82) is 0 Å². The third kappa shape index (κ3) is 8.64. The minimum absolute atomic E-state index is 0.0216. The molecular formula is C23H36N4O7. The van der Waals surface area contributed by atoms with Crippen LogP contribution < -0.4 is 21.7 Å². The molecule has 0 saturated heterocycles. The molecule has 0 fully saturated rings. The number of aromatic hydroxyl groups is 1. The van der Waals surface area contributed by atoms with E-state index in [1.807, 2.05) is 6.92 Å². The Morgan fingerprint density at radius 3 is 1.91 bits per heavy atom. The number of carbonyl (C=O) groups excluding carboxylic acids is 3. The summed E-state index contributed by atoms with van der Waals surface area (Å²) < 4.78 is 0. The molecule has 8 N–H and O–H groups in total. The largest absolute Gasteiger partial charge is 0.508 e. The third-order valence-corrected chi connectivity index (χ3v) is 5.56. The number of aliphatic hydroxyl groups excluding tert-OH is 1. The first-order valence-electron chi connectivity index (χ1n) is 11.2. The number of carbonyl (C=O) groups is 4. The van der Waals surface area contributed by atoms with Crippen LogP contribution in [0.4, 0.5) is 0 Å². The Labute approximate surface area is 199 Å². The highest BCUT2D eigenvalue weighted by Gasteiger charge is 2.33. The van der Waals surface area contributed by atoms with Gasteiger partial charge in [-0.15, -0.1) is 0 Å². The molecule has 5 atom stereocenters. The second kappa shape index (κ2) is 13.5.